The van der Waals surface area contributed by atoms with Crippen molar-refractivity contribution in [2.75, 3.05) is 0 Å². The van der Waals surface area contributed by atoms with Crippen molar-refractivity contribution in [3.05, 3.63) is 64.7 Å². The van der Waals surface area contributed by atoms with Crippen LogP contribution in [0.2, 0.25) is 5.02 Å². The smallest absolute Gasteiger partial charge is 0.311 e. The van der Waals surface area contributed by atoms with E-state index in [4.69, 9.17) is 15.8 Å². The Labute approximate surface area is 172 Å². The predicted octanol–water partition coefficient (Wildman–Crippen LogP) is 4.90. The first-order valence-electron chi connectivity index (χ1n) is 9.23. The van der Waals surface area contributed by atoms with Crippen LogP contribution in [-0.2, 0) is 16.7 Å². The third-order valence-corrected chi connectivity index (χ3v) is 6.46. The van der Waals surface area contributed by atoms with Gasteiger partial charge in [-0.25, -0.2) is 0 Å². The number of hydrogen-bond donors (Lipinski definition) is 0. The van der Waals surface area contributed by atoms with Gasteiger partial charge < -0.3 is 9.08 Å². The summed E-state index contributed by atoms with van der Waals surface area (Å²) in [6.45, 7) is 7.52. The van der Waals surface area contributed by atoms with Gasteiger partial charge in [0.25, 0.3) is 5.91 Å². The van der Waals surface area contributed by atoms with Crippen LogP contribution in [0.4, 0.5) is 0 Å². The van der Waals surface area contributed by atoms with E-state index in [1.54, 1.807) is 67.3 Å². The van der Waals surface area contributed by atoms with Gasteiger partial charge in [0.05, 0.1) is 15.8 Å². The highest BCUT2D eigenvalue weighted by Crippen LogP contribution is 2.22. The largest absolute Gasteiger partial charge is 0.382 e. The summed E-state index contributed by atoms with van der Waals surface area (Å²) in [5.74, 6) is 0.118. The summed E-state index contributed by atoms with van der Waals surface area (Å²) in [4.78, 5) is 14.8. The molecule has 7 heteroatoms. The van der Waals surface area contributed by atoms with Gasteiger partial charge in [0, 0.05) is 12.6 Å². The Morgan fingerprint density at radius 3 is 2.21 bits per heavy atom. The fourth-order valence-corrected chi connectivity index (χ4v) is 3.30. The Bertz CT molecular complexity index is 910. The zero-order valence-electron chi connectivity index (χ0n) is 16.6. The normalized spacial score (nSPS) is 12.6. The van der Waals surface area contributed by atoms with Crippen LogP contribution in [0.1, 0.15) is 50.0 Å². The molecule has 28 heavy (non-hydrogen) atoms. The number of carbonyl (C=O) groups excluding carboxylic acids is 1. The second-order valence-electron chi connectivity index (χ2n) is 6.94. The van der Waals surface area contributed by atoms with E-state index in [0.717, 1.165) is 12.0 Å². The quantitative estimate of drug-likeness (QED) is 0.566. The molecule has 0 spiro atoms. The molecule has 2 aromatic carbocycles. The van der Waals surface area contributed by atoms with Crippen molar-refractivity contribution in [1.29, 1.82) is 0 Å². The second-order valence-corrected chi connectivity index (χ2v) is 9.44. The van der Waals surface area contributed by atoms with Crippen LogP contribution in [-0.4, -0.2) is 30.5 Å². The van der Waals surface area contributed by atoms with Crippen molar-refractivity contribution in [2.24, 2.45) is 0 Å². The molecule has 152 valence electrons. The molecule has 0 saturated heterocycles. The second kappa shape index (κ2) is 9.43. The average molecular weight is 424 g/mol. The lowest BCUT2D eigenvalue weighted by Crippen LogP contribution is -2.37. The summed E-state index contributed by atoms with van der Waals surface area (Å²) in [7, 11) is -3.64. The third kappa shape index (κ3) is 5.49. The number of benzene rings is 2. The lowest BCUT2D eigenvalue weighted by Gasteiger charge is -2.29. The molecule has 2 aromatic rings. The average Bonchev–Trinajstić information content (AvgIpc) is 2.66. The third-order valence-electron chi connectivity index (χ3n) is 4.55. The number of carbonyl (C=O) groups is 1. The Balaban J connectivity index is 2.21. The van der Waals surface area contributed by atoms with Crippen LogP contribution in [0.3, 0.4) is 0 Å². The molecule has 0 fully saturated rings. The number of nitrogens with zero attached hydrogens (tertiary/aromatic N) is 1. The van der Waals surface area contributed by atoms with Gasteiger partial charge in [-0.1, -0.05) is 42.8 Å². The van der Waals surface area contributed by atoms with Crippen molar-refractivity contribution >= 4 is 27.6 Å². The highest BCUT2D eigenvalue weighted by Gasteiger charge is 2.23. The Hall–Kier alpha value is -2.05. The summed E-state index contributed by atoms with van der Waals surface area (Å²) in [6, 6.07) is 13.7. The maximum atomic E-state index is 13.0. The first kappa shape index (κ1) is 22.2. The van der Waals surface area contributed by atoms with E-state index >= 15 is 0 Å². The van der Waals surface area contributed by atoms with Gasteiger partial charge >= 0.3 is 10.1 Å². The molecule has 0 heterocycles. The maximum absolute atomic E-state index is 13.0. The minimum Gasteiger partial charge on any atom is -0.382 e. The van der Waals surface area contributed by atoms with Gasteiger partial charge in [-0.05, 0) is 57.0 Å². The van der Waals surface area contributed by atoms with Crippen LogP contribution in [0, 0.1) is 0 Å². The van der Waals surface area contributed by atoms with Gasteiger partial charge in [-0.15, -0.1) is 0 Å². The molecule has 0 radical (unpaired) electrons. The number of halogens is 1. The molecule has 0 saturated carbocycles. The van der Waals surface area contributed by atoms with E-state index in [0.29, 0.717) is 17.1 Å². The zero-order chi connectivity index (χ0) is 20.9. The number of rotatable bonds is 8. The summed E-state index contributed by atoms with van der Waals surface area (Å²) >= 11 is 6.20. The fourth-order valence-electron chi connectivity index (χ4n) is 2.52. The minimum atomic E-state index is -3.64. The molecule has 0 unspecified atom stereocenters. The number of hydrogen-bond acceptors (Lipinski definition) is 4. The highest BCUT2D eigenvalue weighted by atomic mass is 35.5. The van der Waals surface area contributed by atoms with E-state index in [9.17, 15) is 13.2 Å². The molecule has 2 rings (SSSR count). The first-order chi connectivity index (χ1) is 13.2. The van der Waals surface area contributed by atoms with Crippen LogP contribution in [0.25, 0.3) is 0 Å². The van der Waals surface area contributed by atoms with E-state index in [1.165, 1.54) is 0 Å². The Morgan fingerprint density at radius 1 is 1.07 bits per heavy atom. The first-order valence-corrected chi connectivity index (χ1v) is 11.1. The van der Waals surface area contributed by atoms with Gasteiger partial charge in [-0.2, -0.15) is 8.42 Å². The molecule has 5 nitrogen and oxygen atoms in total. The van der Waals surface area contributed by atoms with Crippen molar-refractivity contribution in [3.63, 3.8) is 0 Å². The summed E-state index contributed by atoms with van der Waals surface area (Å²) in [5.41, 5.74) is 1.34. The van der Waals surface area contributed by atoms with E-state index in [-0.39, 0.29) is 17.7 Å². The van der Waals surface area contributed by atoms with Gasteiger partial charge in [-0.3, -0.25) is 4.79 Å². The number of amides is 1. The highest BCUT2D eigenvalue weighted by molar-refractivity contribution is 7.87. The van der Waals surface area contributed by atoms with Crippen LogP contribution in [0.5, 0.6) is 5.75 Å². The van der Waals surface area contributed by atoms with E-state index in [2.05, 4.69) is 0 Å². The fraction of sp³-hybridized carbons (Fsp3) is 0.381. The lowest BCUT2D eigenvalue weighted by atomic mass is 10.1. The summed E-state index contributed by atoms with van der Waals surface area (Å²) in [5, 5.41) is -0.204. The predicted molar refractivity (Wildman–Crippen MR) is 112 cm³/mol. The van der Waals surface area contributed by atoms with Crippen LogP contribution < -0.4 is 4.18 Å². The maximum Gasteiger partial charge on any atom is 0.311 e. The molecule has 0 bridgehead atoms. The lowest BCUT2D eigenvalue weighted by molar-refractivity contribution is 0.0672. The van der Waals surface area contributed by atoms with Crippen LogP contribution >= 0.6 is 11.6 Å². The Kier molecular flexibility index (Phi) is 7.49. The molecular weight excluding hydrogens is 398 g/mol. The molecule has 0 aliphatic heterocycles. The van der Waals surface area contributed by atoms with Crippen molar-refractivity contribution in [2.45, 2.75) is 52.0 Å². The van der Waals surface area contributed by atoms with Gasteiger partial charge in [0.15, 0.2) is 0 Å². The Morgan fingerprint density at radius 2 is 1.68 bits per heavy atom. The van der Waals surface area contributed by atoms with E-state index in [1.807, 2.05) is 13.8 Å². The minimum absolute atomic E-state index is 0.0148. The van der Waals surface area contributed by atoms with Crippen LogP contribution in [0.15, 0.2) is 48.5 Å². The summed E-state index contributed by atoms with van der Waals surface area (Å²) < 4.78 is 28.9. The summed E-state index contributed by atoms with van der Waals surface area (Å²) in [6.07, 6.45) is 0.796. The topological polar surface area (TPSA) is 63.7 Å². The molecule has 0 aliphatic carbocycles. The molecule has 0 aliphatic rings. The molecular formula is C21H26ClNO4S. The van der Waals surface area contributed by atoms with Crippen molar-refractivity contribution < 1.29 is 17.4 Å². The monoisotopic (exact) mass is 423 g/mol. The SMILES string of the molecule is CC[C@H](C)N(Cc1ccc(OS(=O)(=O)C(C)C)cc1)C(=O)c1ccccc1Cl. The van der Waals surface area contributed by atoms with E-state index < -0.39 is 15.4 Å². The van der Waals surface area contributed by atoms with Gasteiger partial charge in [0.1, 0.15) is 5.75 Å². The van der Waals surface area contributed by atoms with Gasteiger partial charge in [0.2, 0.25) is 0 Å². The van der Waals surface area contributed by atoms with Crippen molar-refractivity contribution in [3.8, 4) is 5.75 Å². The van der Waals surface area contributed by atoms with Crippen molar-refractivity contribution in [1.82, 2.24) is 4.90 Å². The standard InChI is InChI=1S/C21H26ClNO4S/c1-5-16(4)23(21(24)19-8-6-7-9-20(19)22)14-17-10-12-18(13-11-17)27-28(25,26)15(2)3/h6-13,15-16H,5,14H2,1-4H3/t16-/m0/s1. The molecule has 0 aromatic heterocycles. The zero-order valence-corrected chi connectivity index (χ0v) is 18.1. The molecule has 0 N–H and O–H groups in total. The molecule has 1 amide bonds. The molecule has 1 atom stereocenters.